The number of anilines is 1. The molecule has 1 saturated heterocycles. The average molecular weight is 532 g/mol. The van der Waals surface area contributed by atoms with Gasteiger partial charge in [0.15, 0.2) is 5.82 Å². The molecule has 1 unspecified atom stereocenters. The van der Waals surface area contributed by atoms with Crippen LogP contribution in [0.25, 0.3) is 5.52 Å². The second-order valence-corrected chi connectivity index (χ2v) is 11.9. The molecule has 12 heteroatoms. The normalized spacial score (nSPS) is 20.4. The number of benzene rings is 1. The Hall–Kier alpha value is -2.98. The Labute approximate surface area is 216 Å². The Balaban J connectivity index is 1.41. The minimum absolute atomic E-state index is 0.00218. The van der Waals surface area contributed by atoms with Crippen molar-refractivity contribution < 1.29 is 27.9 Å². The maximum absolute atomic E-state index is 13.7. The zero-order chi connectivity index (χ0) is 26.6. The first-order valence-corrected chi connectivity index (χ1v) is 13.7. The van der Waals surface area contributed by atoms with E-state index >= 15 is 0 Å². The van der Waals surface area contributed by atoms with Gasteiger partial charge in [-0.2, -0.15) is 10.2 Å². The average Bonchev–Trinajstić information content (AvgIpc) is 3.49. The van der Waals surface area contributed by atoms with Crippen LogP contribution in [0.3, 0.4) is 0 Å². The van der Waals surface area contributed by atoms with Crippen LogP contribution in [-0.4, -0.2) is 45.9 Å². The Kier molecular flexibility index (Phi) is 8.18. The quantitative estimate of drug-likeness (QED) is 0.287. The van der Waals surface area contributed by atoms with Crippen LogP contribution in [-0.2, 0) is 23.4 Å². The molecule has 1 aliphatic rings. The van der Waals surface area contributed by atoms with Gasteiger partial charge in [-0.05, 0) is 49.4 Å². The maximum atomic E-state index is 13.7. The lowest BCUT2D eigenvalue weighted by molar-refractivity contribution is -0.148. The summed E-state index contributed by atoms with van der Waals surface area (Å²) in [5.74, 6) is 0.184. The number of ether oxygens (including phenoxy) is 2. The Bertz CT molecular complexity index is 1260. The molecule has 0 amide bonds. The SMILES string of the molecule is C[C@H](NP(=O)(OC[C@@H]1CC[C@H](c2ccc3c(N)ncnn23)O1)Oc1ccccc1)C(=O)OCC(C)(C)C. The van der Waals surface area contributed by atoms with E-state index in [0.717, 1.165) is 12.1 Å². The van der Waals surface area contributed by atoms with E-state index in [-0.39, 0.29) is 30.8 Å². The van der Waals surface area contributed by atoms with Crippen molar-refractivity contribution in [3.05, 3.63) is 54.5 Å². The number of carbonyl (C=O) groups excluding carboxylic acids is 1. The van der Waals surface area contributed by atoms with E-state index in [1.54, 1.807) is 35.7 Å². The summed E-state index contributed by atoms with van der Waals surface area (Å²) in [6.07, 6.45) is 2.22. The highest BCUT2D eigenvalue weighted by molar-refractivity contribution is 7.52. The van der Waals surface area contributed by atoms with Crippen molar-refractivity contribution in [2.75, 3.05) is 18.9 Å². The molecule has 0 bridgehead atoms. The molecule has 0 saturated carbocycles. The van der Waals surface area contributed by atoms with Gasteiger partial charge >= 0.3 is 13.7 Å². The highest BCUT2D eigenvalue weighted by atomic mass is 31.2. The van der Waals surface area contributed by atoms with Gasteiger partial charge in [0.1, 0.15) is 29.7 Å². The number of nitrogens with one attached hydrogen (secondary N) is 1. The van der Waals surface area contributed by atoms with Gasteiger partial charge in [0.2, 0.25) is 0 Å². The van der Waals surface area contributed by atoms with Crippen LogP contribution in [0.5, 0.6) is 5.75 Å². The maximum Gasteiger partial charge on any atom is 0.459 e. The summed E-state index contributed by atoms with van der Waals surface area (Å²) < 4.78 is 38.5. The highest BCUT2D eigenvalue weighted by Gasteiger charge is 2.36. The fourth-order valence-electron chi connectivity index (χ4n) is 3.86. The van der Waals surface area contributed by atoms with Crippen molar-refractivity contribution in [3.63, 3.8) is 0 Å². The zero-order valence-electron chi connectivity index (χ0n) is 21.5. The number of fused-ring (bicyclic) bond motifs is 1. The number of hydrogen-bond acceptors (Lipinski definition) is 9. The van der Waals surface area contributed by atoms with Crippen molar-refractivity contribution in [3.8, 4) is 5.75 Å². The number of aromatic nitrogens is 3. The summed E-state index contributed by atoms with van der Waals surface area (Å²) in [7, 11) is -3.97. The van der Waals surface area contributed by atoms with Crippen LogP contribution in [0.15, 0.2) is 48.8 Å². The smallest absolute Gasteiger partial charge is 0.459 e. The third kappa shape index (κ3) is 7.07. The molecule has 0 aliphatic carbocycles. The van der Waals surface area contributed by atoms with Crippen LogP contribution in [0.1, 0.15) is 52.3 Å². The third-order valence-electron chi connectivity index (χ3n) is 5.70. The van der Waals surface area contributed by atoms with Crippen LogP contribution >= 0.6 is 7.75 Å². The Morgan fingerprint density at radius 3 is 2.73 bits per heavy atom. The monoisotopic (exact) mass is 531 g/mol. The lowest BCUT2D eigenvalue weighted by Gasteiger charge is -2.25. The Morgan fingerprint density at radius 1 is 1.24 bits per heavy atom. The number of nitrogen functional groups attached to an aromatic ring is 1. The number of rotatable bonds is 10. The number of carbonyl (C=O) groups is 1. The summed E-state index contributed by atoms with van der Waals surface area (Å²) in [6.45, 7) is 7.65. The van der Waals surface area contributed by atoms with E-state index in [1.165, 1.54) is 6.33 Å². The summed E-state index contributed by atoms with van der Waals surface area (Å²) in [6, 6.07) is 11.5. The third-order valence-corrected chi connectivity index (χ3v) is 7.34. The van der Waals surface area contributed by atoms with Crippen LogP contribution in [0.2, 0.25) is 0 Å². The molecule has 4 rings (SSSR count). The van der Waals surface area contributed by atoms with Crippen LogP contribution < -0.4 is 15.3 Å². The number of nitrogens with zero attached hydrogens (tertiary/aromatic N) is 3. The molecule has 1 aliphatic heterocycles. The molecule has 4 atom stereocenters. The van der Waals surface area contributed by atoms with E-state index in [9.17, 15) is 9.36 Å². The van der Waals surface area contributed by atoms with Gasteiger partial charge in [0.05, 0.1) is 25.0 Å². The van der Waals surface area contributed by atoms with E-state index in [1.807, 2.05) is 39.0 Å². The minimum atomic E-state index is -3.97. The summed E-state index contributed by atoms with van der Waals surface area (Å²) in [4.78, 5) is 16.5. The van der Waals surface area contributed by atoms with Gasteiger partial charge in [-0.25, -0.2) is 14.1 Å². The molecule has 1 aromatic carbocycles. The van der Waals surface area contributed by atoms with Crippen molar-refractivity contribution in [2.24, 2.45) is 5.41 Å². The number of hydrogen-bond donors (Lipinski definition) is 2. The van der Waals surface area contributed by atoms with Crippen LogP contribution in [0.4, 0.5) is 5.82 Å². The minimum Gasteiger partial charge on any atom is -0.464 e. The zero-order valence-corrected chi connectivity index (χ0v) is 22.4. The molecule has 0 radical (unpaired) electrons. The van der Waals surface area contributed by atoms with Crippen LogP contribution in [0, 0.1) is 5.41 Å². The van der Waals surface area contributed by atoms with E-state index in [2.05, 4.69) is 15.2 Å². The number of para-hydroxylation sites is 1. The molecule has 0 spiro atoms. The van der Waals surface area contributed by atoms with Crippen molar-refractivity contribution in [1.82, 2.24) is 19.7 Å². The molecule has 1 fully saturated rings. The molecule has 11 nitrogen and oxygen atoms in total. The summed E-state index contributed by atoms with van der Waals surface area (Å²) in [5, 5.41) is 7.00. The van der Waals surface area contributed by atoms with E-state index in [0.29, 0.717) is 23.5 Å². The second-order valence-electron chi connectivity index (χ2n) is 10.2. The molecule has 3 N–H and O–H groups in total. The van der Waals surface area contributed by atoms with Gasteiger partial charge < -0.3 is 19.7 Å². The lowest BCUT2D eigenvalue weighted by atomic mass is 9.99. The van der Waals surface area contributed by atoms with Gasteiger partial charge in [-0.1, -0.05) is 39.0 Å². The first kappa shape index (κ1) is 27.1. The van der Waals surface area contributed by atoms with Gasteiger partial charge in [-0.3, -0.25) is 9.32 Å². The fraction of sp³-hybridized carbons (Fsp3) is 0.480. The lowest BCUT2D eigenvalue weighted by Crippen LogP contribution is -2.37. The van der Waals surface area contributed by atoms with Crippen molar-refractivity contribution in [1.29, 1.82) is 0 Å². The van der Waals surface area contributed by atoms with Crippen molar-refractivity contribution in [2.45, 2.75) is 58.8 Å². The van der Waals surface area contributed by atoms with Crippen molar-refractivity contribution >= 4 is 25.1 Å². The Morgan fingerprint density at radius 2 is 2.00 bits per heavy atom. The predicted octanol–water partition coefficient (Wildman–Crippen LogP) is 4.30. The molecule has 37 heavy (non-hydrogen) atoms. The molecule has 3 heterocycles. The molecular weight excluding hydrogens is 497 g/mol. The summed E-state index contributed by atoms with van der Waals surface area (Å²) >= 11 is 0. The number of esters is 1. The summed E-state index contributed by atoms with van der Waals surface area (Å²) in [5.41, 5.74) is 7.30. The van der Waals surface area contributed by atoms with E-state index in [4.69, 9.17) is 24.3 Å². The van der Waals surface area contributed by atoms with E-state index < -0.39 is 19.8 Å². The topological polar surface area (TPSA) is 139 Å². The fourth-order valence-corrected chi connectivity index (χ4v) is 5.38. The molecule has 3 aromatic rings. The van der Waals surface area contributed by atoms with Gasteiger partial charge in [0, 0.05) is 0 Å². The second kappa shape index (κ2) is 11.2. The first-order valence-electron chi connectivity index (χ1n) is 12.2. The largest absolute Gasteiger partial charge is 0.464 e. The molecule has 2 aromatic heterocycles. The molecule has 200 valence electrons. The molecular formula is C25H34N5O6P. The van der Waals surface area contributed by atoms with Gasteiger partial charge in [-0.15, -0.1) is 0 Å². The highest BCUT2D eigenvalue weighted by Crippen LogP contribution is 2.46. The standard InChI is InChI=1S/C25H34N5O6P/c1-17(24(31)33-15-25(2,3)4)29-37(32,36-18-8-6-5-7-9-18)34-14-19-10-13-22(35-19)20-11-12-21-23(26)27-16-28-30(20)21/h5-9,11-12,16-17,19,22H,10,13-15H2,1-4H3,(H,29,32)(H2,26,27,28)/t17-,19-,22+,37?/m0/s1. The van der Waals surface area contributed by atoms with Gasteiger partial charge in [0.25, 0.3) is 0 Å². The number of nitrogens with two attached hydrogens (primary N) is 1. The predicted molar refractivity (Wildman–Crippen MR) is 138 cm³/mol. The first-order chi connectivity index (χ1) is 17.5.